The summed E-state index contributed by atoms with van der Waals surface area (Å²) in [6.45, 7) is 1.59. The third kappa shape index (κ3) is 7.00. The van der Waals surface area contributed by atoms with Crippen LogP contribution in [0.4, 0.5) is 5.69 Å². The van der Waals surface area contributed by atoms with Gasteiger partial charge in [0.15, 0.2) is 0 Å². The van der Waals surface area contributed by atoms with Gasteiger partial charge in [-0.2, -0.15) is 0 Å². The number of benzene rings is 2. The lowest BCUT2D eigenvalue weighted by atomic mass is 10.1. The highest BCUT2D eigenvalue weighted by Crippen LogP contribution is 2.23. The zero-order chi connectivity index (χ0) is 21.7. The third-order valence-electron chi connectivity index (χ3n) is 3.87. The van der Waals surface area contributed by atoms with Crippen molar-refractivity contribution in [1.82, 2.24) is 10.0 Å². The standard InChI is InChI=1S/C18H22ClN3O5S2/c1-13(14-7-3-5-9-16(14)22-28(2,24)25)21-18(23)11-12-20-29(26,27)17-10-6-4-8-15(17)19/h3-10,13,20,22H,11-12H2,1-2H3,(H,21,23). The molecule has 0 aliphatic rings. The lowest BCUT2D eigenvalue weighted by Crippen LogP contribution is -2.32. The number of anilines is 1. The average Bonchev–Trinajstić information content (AvgIpc) is 2.60. The topological polar surface area (TPSA) is 121 Å². The first-order valence-corrected chi connectivity index (χ1v) is 12.3. The van der Waals surface area contributed by atoms with Gasteiger partial charge in [0.1, 0.15) is 4.90 Å². The van der Waals surface area contributed by atoms with Crippen LogP contribution in [0.2, 0.25) is 5.02 Å². The second kappa shape index (κ2) is 9.57. The quantitative estimate of drug-likeness (QED) is 0.531. The molecule has 2 rings (SSSR count). The van der Waals surface area contributed by atoms with Crippen LogP contribution in [0.5, 0.6) is 0 Å². The van der Waals surface area contributed by atoms with E-state index in [0.29, 0.717) is 11.3 Å². The monoisotopic (exact) mass is 459 g/mol. The first-order valence-electron chi connectivity index (χ1n) is 8.60. The number of nitrogens with one attached hydrogen (secondary N) is 3. The molecule has 158 valence electrons. The molecule has 0 aliphatic carbocycles. The summed E-state index contributed by atoms with van der Waals surface area (Å²) in [7, 11) is -7.31. The third-order valence-corrected chi connectivity index (χ3v) is 6.42. The Hall–Kier alpha value is -2.14. The van der Waals surface area contributed by atoms with E-state index in [0.717, 1.165) is 6.26 Å². The lowest BCUT2D eigenvalue weighted by Gasteiger charge is -2.18. The van der Waals surface area contributed by atoms with Crippen LogP contribution >= 0.6 is 11.6 Å². The van der Waals surface area contributed by atoms with E-state index < -0.39 is 32.0 Å². The van der Waals surface area contributed by atoms with Crippen molar-refractivity contribution in [3.63, 3.8) is 0 Å². The molecule has 2 aromatic carbocycles. The molecule has 2 aromatic rings. The van der Waals surface area contributed by atoms with E-state index in [2.05, 4.69) is 14.8 Å². The molecule has 1 atom stereocenters. The fraction of sp³-hybridized carbons (Fsp3) is 0.278. The van der Waals surface area contributed by atoms with Crippen molar-refractivity contribution in [1.29, 1.82) is 0 Å². The second-order valence-electron chi connectivity index (χ2n) is 6.33. The molecule has 0 spiro atoms. The van der Waals surface area contributed by atoms with E-state index in [4.69, 9.17) is 11.6 Å². The van der Waals surface area contributed by atoms with Crippen molar-refractivity contribution in [2.75, 3.05) is 17.5 Å². The van der Waals surface area contributed by atoms with E-state index >= 15 is 0 Å². The van der Waals surface area contributed by atoms with Gasteiger partial charge in [-0.05, 0) is 30.7 Å². The molecule has 0 saturated heterocycles. The number of carbonyl (C=O) groups excluding carboxylic acids is 1. The van der Waals surface area contributed by atoms with Gasteiger partial charge in [-0.25, -0.2) is 21.6 Å². The minimum atomic E-state index is -3.83. The fourth-order valence-corrected chi connectivity index (χ4v) is 4.73. The maximum Gasteiger partial charge on any atom is 0.242 e. The molecule has 3 N–H and O–H groups in total. The van der Waals surface area contributed by atoms with E-state index in [1.807, 2.05) is 0 Å². The molecule has 0 heterocycles. The number of para-hydroxylation sites is 1. The predicted octanol–water partition coefficient (Wildman–Crippen LogP) is 2.26. The summed E-state index contributed by atoms with van der Waals surface area (Å²) in [5.41, 5.74) is 0.949. The minimum absolute atomic E-state index is 0.0591. The van der Waals surface area contributed by atoms with Crippen molar-refractivity contribution in [3.05, 3.63) is 59.1 Å². The first kappa shape index (κ1) is 23.1. The van der Waals surface area contributed by atoms with Gasteiger partial charge in [0.2, 0.25) is 26.0 Å². The van der Waals surface area contributed by atoms with Crippen molar-refractivity contribution >= 4 is 43.2 Å². The number of sulfonamides is 2. The highest BCUT2D eigenvalue weighted by molar-refractivity contribution is 7.92. The van der Waals surface area contributed by atoms with Crippen LogP contribution in [-0.4, -0.2) is 35.5 Å². The molecule has 29 heavy (non-hydrogen) atoms. The Morgan fingerprint density at radius 1 is 1.03 bits per heavy atom. The smallest absolute Gasteiger partial charge is 0.242 e. The Kier molecular flexibility index (Phi) is 7.64. The summed E-state index contributed by atoms with van der Waals surface area (Å²) in [5.74, 6) is -0.395. The summed E-state index contributed by atoms with van der Waals surface area (Å²) in [5, 5.41) is 2.82. The average molecular weight is 460 g/mol. The number of halogens is 1. The number of rotatable bonds is 9. The van der Waals surface area contributed by atoms with E-state index in [9.17, 15) is 21.6 Å². The fourth-order valence-electron chi connectivity index (χ4n) is 2.60. The molecular formula is C18H22ClN3O5S2. The first-order chi connectivity index (χ1) is 13.5. The molecule has 1 amide bonds. The zero-order valence-corrected chi connectivity index (χ0v) is 18.2. The summed E-state index contributed by atoms with van der Waals surface area (Å²) in [4.78, 5) is 12.1. The normalized spacial score (nSPS) is 12.9. The molecule has 8 nitrogen and oxygen atoms in total. The molecule has 11 heteroatoms. The van der Waals surface area contributed by atoms with Crippen molar-refractivity contribution in [3.8, 4) is 0 Å². The van der Waals surface area contributed by atoms with E-state index in [1.54, 1.807) is 43.3 Å². The Morgan fingerprint density at radius 3 is 2.31 bits per heavy atom. The largest absolute Gasteiger partial charge is 0.349 e. The van der Waals surface area contributed by atoms with Gasteiger partial charge in [0.05, 0.1) is 23.0 Å². The number of carbonyl (C=O) groups is 1. The van der Waals surface area contributed by atoms with Gasteiger partial charge < -0.3 is 5.32 Å². The van der Waals surface area contributed by atoms with Crippen molar-refractivity contribution in [2.24, 2.45) is 0 Å². The van der Waals surface area contributed by atoms with Gasteiger partial charge in [-0.1, -0.05) is 41.9 Å². The summed E-state index contributed by atoms with van der Waals surface area (Å²) < 4.78 is 52.3. The van der Waals surface area contributed by atoms with E-state index in [1.165, 1.54) is 12.1 Å². The molecule has 0 radical (unpaired) electrons. The van der Waals surface area contributed by atoms with Crippen LogP contribution in [0.3, 0.4) is 0 Å². The zero-order valence-electron chi connectivity index (χ0n) is 15.8. The highest BCUT2D eigenvalue weighted by Gasteiger charge is 2.18. The number of amides is 1. The molecule has 0 aromatic heterocycles. The molecule has 0 aliphatic heterocycles. The molecule has 1 unspecified atom stereocenters. The predicted molar refractivity (Wildman–Crippen MR) is 113 cm³/mol. The second-order valence-corrected chi connectivity index (χ2v) is 10.2. The summed E-state index contributed by atoms with van der Waals surface area (Å²) in [6.07, 6.45) is 0.938. The van der Waals surface area contributed by atoms with E-state index in [-0.39, 0.29) is 22.9 Å². The maximum absolute atomic E-state index is 12.3. The van der Waals surface area contributed by atoms with Crippen LogP contribution in [0, 0.1) is 0 Å². The van der Waals surface area contributed by atoms with Crippen LogP contribution in [0.25, 0.3) is 0 Å². The Bertz CT molecular complexity index is 1090. The molecular weight excluding hydrogens is 438 g/mol. The Balaban J connectivity index is 1.96. The van der Waals surface area contributed by atoms with Gasteiger partial charge in [-0.15, -0.1) is 0 Å². The minimum Gasteiger partial charge on any atom is -0.349 e. The molecule has 0 fully saturated rings. The van der Waals surface area contributed by atoms with Gasteiger partial charge in [-0.3, -0.25) is 9.52 Å². The SMILES string of the molecule is CC(NC(=O)CCNS(=O)(=O)c1ccccc1Cl)c1ccccc1NS(C)(=O)=O. The number of hydrogen-bond donors (Lipinski definition) is 3. The lowest BCUT2D eigenvalue weighted by molar-refractivity contribution is -0.121. The van der Waals surface area contributed by atoms with Gasteiger partial charge in [0.25, 0.3) is 0 Å². The summed E-state index contributed by atoms with van der Waals surface area (Å²) >= 11 is 5.90. The Labute approximate surface area is 175 Å². The summed E-state index contributed by atoms with van der Waals surface area (Å²) in [6, 6.07) is 12.2. The van der Waals surface area contributed by atoms with Crippen LogP contribution in [0.1, 0.15) is 24.9 Å². The Morgan fingerprint density at radius 2 is 1.66 bits per heavy atom. The van der Waals surface area contributed by atoms with Crippen LogP contribution < -0.4 is 14.8 Å². The van der Waals surface area contributed by atoms with Crippen LogP contribution in [-0.2, 0) is 24.8 Å². The van der Waals surface area contributed by atoms with Gasteiger partial charge >= 0.3 is 0 Å². The molecule has 0 bridgehead atoms. The number of hydrogen-bond acceptors (Lipinski definition) is 5. The highest BCUT2D eigenvalue weighted by atomic mass is 35.5. The maximum atomic E-state index is 12.3. The van der Waals surface area contributed by atoms with Crippen LogP contribution in [0.15, 0.2) is 53.4 Å². The van der Waals surface area contributed by atoms with Gasteiger partial charge in [0, 0.05) is 13.0 Å². The van der Waals surface area contributed by atoms with Crippen molar-refractivity contribution < 1.29 is 21.6 Å². The van der Waals surface area contributed by atoms with Crippen molar-refractivity contribution in [2.45, 2.75) is 24.3 Å². The molecule has 0 saturated carbocycles.